The van der Waals surface area contributed by atoms with Crippen molar-refractivity contribution >= 4 is 11.9 Å². The van der Waals surface area contributed by atoms with Crippen molar-refractivity contribution < 1.29 is 19.8 Å². The van der Waals surface area contributed by atoms with Gasteiger partial charge in [-0.25, -0.2) is 9.67 Å². The number of hydrogen-bond acceptors (Lipinski definition) is 5. The molecule has 0 unspecified atom stereocenters. The number of rotatable bonds is 5. The van der Waals surface area contributed by atoms with Gasteiger partial charge < -0.3 is 15.5 Å². The van der Waals surface area contributed by atoms with Crippen molar-refractivity contribution in [3.8, 4) is 22.6 Å². The summed E-state index contributed by atoms with van der Waals surface area (Å²) < 4.78 is 1.71. The lowest BCUT2D eigenvalue weighted by molar-refractivity contribution is -0.135. The number of carbonyl (C=O) groups is 2. The summed E-state index contributed by atoms with van der Waals surface area (Å²) in [6.07, 6.45) is 4.91. The van der Waals surface area contributed by atoms with Gasteiger partial charge in [-0.3, -0.25) is 9.59 Å². The van der Waals surface area contributed by atoms with E-state index >= 15 is 0 Å². The van der Waals surface area contributed by atoms with Crippen molar-refractivity contribution in [1.82, 2.24) is 20.1 Å². The van der Waals surface area contributed by atoms with Crippen LogP contribution >= 0.6 is 0 Å². The Morgan fingerprint density at radius 1 is 1.15 bits per heavy atom. The standard InChI is InChI=1S/C19H18N4O4/c1-11-3-5-14(6-4-11)23-10-13(7-22-23)15-8-20-17(18(26)12(15)2)19(27)21-9-16(24)25/h3-8,10,26H,9H2,1-2H3,(H,21,27)(H,24,25). The highest BCUT2D eigenvalue weighted by atomic mass is 16.4. The summed E-state index contributed by atoms with van der Waals surface area (Å²) in [4.78, 5) is 26.5. The Morgan fingerprint density at radius 2 is 1.85 bits per heavy atom. The SMILES string of the molecule is Cc1ccc(-n2cc(-c3cnc(C(=O)NCC(=O)O)c(O)c3C)cn2)cc1. The summed E-state index contributed by atoms with van der Waals surface area (Å²) >= 11 is 0. The van der Waals surface area contributed by atoms with E-state index in [0.29, 0.717) is 11.1 Å². The highest BCUT2D eigenvalue weighted by molar-refractivity contribution is 5.97. The van der Waals surface area contributed by atoms with Crippen molar-refractivity contribution in [2.75, 3.05) is 6.54 Å². The lowest BCUT2D eigenvalue weighted by Crippen LogP contribution is -2.30. The zero-order valence-corrected chi connectivity index (χ0v) is 14.8. The number of aryl methyl sites for hydroxylation is 1. The molecule has 0 saturated carbocycles. The second-order valence-corrected chi connectivity index (χ2v) is 6.08. The molecule has 3 N–H and O–H groups in total. The molecule has 0 aliphatic carbocycles. The number of benzene rings is 1. The fraction of sp³-hybridized carbons (Fsp3) is 0.158. The van der Waals surface area contributed by atoms with Crippen LogP contribution in [0.1, 0.15) is 21.6 Å². The van der Waals surface area contributed by atoms with E-state index in [1.165, 1.54) is 6.20 Å². The van der Waals surface area contributed by atoms with Crippen LogP contribution in [-0.2, 0) is 4.79 Å². The number of aromatic nitrogens is 3. The summed E-state index contributed by atoms with van der Waals surface area (Å²) in [7, 11) is 0. The van der Waals surface area contributed by atoms with Crippen LogP contribution in [0.15, 0.2) is 42.9 Å². The Hall–Kier alpha value is -3.68. The van der Waals surface area contributed by atoms with Crippen molar-refractivity contribution in [3.63, 3.8) is 0 Å². The molecule has 2 heterocycles. The van der Waals surface area contributed by atoms with Crippen LogP contribution in [0.5, 0.6) is 5.75 Å². The van der Waals surface area contributed by atoms with Crippen molar-refractivity contribution in [2.24, 2.45) is 0 Å². The lowest BCUT2D eigenvalue weighted by atomic mass is 10.0. The second kappa shape index (κ2) is 7.28. The summed E-state index contributed by atoms with van der Waals surface area (Å²) in [5.74, 6) is -2.22. The Kier molecular flexibility index (Phi) is 4.89. The van der Waals surface area contributed by atoms with Crippen LogP contribution in [0.4, 0.5) is 0 Å². The first kappa shape index (κ1) is 18.1. The van der Waals surface area contributed by atoms with Gasteiger partial charge in [0.15, 0.2) is 5.69 Å². The monoisotopic (exact) mass is 366 g/mol. The topological polar surface area (TPSA) is 117 Å². The number of amides is 1. The second-order valence-electron chi connectivity index (χ2n) is 6.08. The summed E-state index contributed by atoms with van der Waals surface area (Å²) in [5.41, 5.74) is 3.63. The van der Waals surface area contributed by atoms with E-state index in [9.17, 15) is 14.7 Å². The maximum Gasteiger partial charge on any atom is 0.322 e. The minimum absolute atomic E-state index is 0.219. The lowest BCUT2D eigenvalue weighted by Gasteiger charge is -2.10. The maximum atomic E-state index is 12.0. The van der Waals surface area contributed by atoms with E-state index in [4.69, 9.17) is 5.11 Å². The van der Waals surface area contributed by atoms with Gasteiger partial charge in [0.05, 0.1) is 11.9 Å². The number of pyridine rings is 1. The molecule has 1 aromatic carbocycles. The number of aliphatic carboxylic acids is 1. The Bertz CT molecular complexity index is 1010. The molecule has 27 heavy (non-hydrogen) atoms. The molecule has 3 aromatic rings. The third-order valence-corrected chi connectivity index (χ3v) is 4.11. The summed E-state index contributed by atoms with van der Waals surface area (Å²) in [6, 6.07) is 7.87. The van der Waals surface area contributed by atoms with Gasteiger partial charge in [0, 0.05) is 29.1 Å². The first-order valence-corrected chi connectivity index (χ1v) is 8.17. The normalized spacial score (nSPS) is 10.6. The van der Waals surface area contributed by atoms with Crippen LogP contribution < -0.4 is 5.32 Å². The van der Waals surface area contributed by atoms with Crippen LogP contribution in [0.3, 0.4) is 0 Å². The molecule has 1 amide bonds. The van der Waals surface area contributed by atoms with Gasteiger partial charge in [0.25, 0.3) is 5.91 Å². The molecule has 0 radical (unpaired) electrons. The van der Waals surface area contributed by atoms with Crippen molar-refractivity contribution in [3.05, 3.63) is 59.7 Å². The zero-order valence-electron chi connectivity index (χ0n) is 14.8. The smallest absolute Gasteiger partial charge is 0.322 e. The minimum atomic E-state index is -1.18. The number of aromatic hydroxyl groups is 1. The molecule has 0 atom stereocenters. The molecule has 0 spiro atoms. The first-order chi connectivity index (χ1) is 12.9. The van der Waals surface area contributed by atoms with Gasteiger partial charge in [-0.2, -0.15) is 5.10 Å². The molecular formula is C19H18N4O4. The molecule has 3 rings (SSSR count). The van der Waals surface area contributed by atoms with E-state index in [0.717, 1.165) is 16.8 Å². The number of nitrogens with one attached hydrogen (secondary N) is 1. The minimum Gasteiger partial charge on any atom is -0.505 e. The molecule has 2 aromatic heterocycles. The van der Waals surface area contributed by atoms with Gasteiger partial charge in [0.2, 0.25) is 0 Å². The summed E-state index contributed by atoms with van der Waals surface area (Å²) in [6.45, 7) is 3.11. The predicted molar refractivity (Wildman–Crippen MR) is 97.9 cm³/mol. The van der Waals surface area contributed by atoms with Crippen LogP contribution in [0.25, 0.3) is 16.8 Å². The van der Waals surface area contributed by atoms with Gasteiger partial charge in [-0.05, 0) is 26.0 Å². The van der Waals surface area contributed by atoms with E-state index in [1.54, 1.807) is 24.0 Å². The molecule has 8 nitrogen and oxygen atoms in total. The average Bonchev–Trinajstić information content (AvgIpc) is 3.12. The molecular weight excluding hydrogens is 348 g/mol. The number of carboxylic acids is 1. The molecule has 138 valence electrons. The molecule has 0 fully saturated rings. The van der Waals surface area contributed by atoms with Gasteiger partial charge in [0.1, 0.15) is 12.3 Å². The van der Waals surface area contributed by atoms with E-state index in [2.05, 4.69) is 15.4 Å². The maximum absolute atomic E-state index is 12.0. The molecule has 0 bridgehead atoms. The van der Waals surface area contributed by atoms with Gasteiger partial charge in [-0.15, -0.1) is 0 Å². The highest BCUT2D eigenvalue weighted by Gasteiger charge is 2.19. The largest absolute Gasteiger partial charge is 0.505 e. The Morgan fingerprint density at radius 3 is 2.52 bits per heavy atom. The Labute approximate surface area is 155 Å². The predicted octanol–water partition coefficient (Wildman–Crippen LogP) is 2.07. The van der Waals surface area contributed by atoms with Gasteiger partial charge in [-0.1, -0.05) is 17.7 Å². The quantitative estimate of drug-likeness (QED) is 0.636. The highest BCUT2D eigenvalue weighted by Crippen LogP contribution is 2.30. The van der Waals surface area contributed by atoms with E-state index in [-0.39, 0.29) is 11.4 Å². The van der Waals surface area contributed by atoms with Crippen molar-refractivity contribution in [1.29, 1.82) is 0 Å². The molecule has 0 aliphatic heterocycles. The average molecular weight is 366 g/mol. The van der Waals surface area contributed by atoms with E-state index < -0.39 is 18.4 Å². The number of carboxylic acid groups (broad SMARTS) is 1. The van der Waals surface area contributed by atoms with Gasteiger partial charge >= 0.3 is 5.97 Å². The fourth-order valence-electron chi connectivity index (χ4n) is 2.59. The third kappa shape index (κ3) is 3.79. The van der Waals surface area contributed by atoms with Crippen LogP contribution in [-0.4, -0.2) is 43.4 Å². The summed E-state index contributed by atoms with van der Waals surface area (Å²) in [5, 5.41) is 25.5. The number of nitrogens with zero attached hydrogens (tertiary/aromatic N) is 3. The third-order valence-electron chi connectivity index (χ3n) is 4.11. The fourth-order valence-corrected chi connectivity index (χ4v) is 2.59. The van der Waals surface area contributed by atoms with Crippen molar-refractivity contribution in [2.45, 2.75) is 13.8 Å². The zero-order chi connectivity index (χ0) is 19.6. The molecule has 0 aliphatic rings. The van der Waals surface area contributed by atoms with Crippen LogP contribution in [0.2, 0.25) is 0 Å². The molecule has 8 heteroatoms. The number of carbonyl (C=O) groups excluding carboxylic acids is 1. The Balaban J connectivity index is 1.90. The first-order valence-electron chi connectivity index (χ1n) is 8.17. The van der Waals surface area contributed by atoms with E-state index in [1.807, 2.05) is 31.2 Å². The molecule has 0 saturated heterocycles. The van der Waals surface area contributed by atoms with Crippen LogP contribution in [0, 0.1) is 13.8 Å². The number of hydrogen-bond donors (Lipinski definition) is 3.